The molecule has 13 heavy (non-hydrogen) atoms. The molecule has 1 aromatic rings. The largest absolute Gasteiger partial charge is 0.300 e. The summed E-state index contributed by atoms with van der Waals surface area (Å²) in [4.78, 5) is 11.4. The lowest BCUT2D eigenvalue weighted by Crippen LogP contribution is -2.21. The molecule has 0 aliphatic heterocycles. The second kappa shape index (κ2) is 4.92. The average molecular weight is 195 g/mol. The maximum atomic E-state index is 11.4. The lowest BCUT2D eigenvalue weighted by atomic mass is 10.0. The summed E-state index contributed by atoms with van der Waals surface area (Å²) in [5, 5.41) is 0. The third-order valence-corrected chi connectivity index (χ3v) is 2.30. The van der Waals surface area contributed by atoms with Gasteiger partial charge >= 0.3 is 0 Å². The van der Waals surface area contributed by atoms with E-state index >= 15 is 0 Å². The molecule has 1 rings (SSSR count). The van der Waals surface area contributed by atoms with Crippen LogP contribution in [0, 0.1) is 0 Å². The molecular weight excluding hydrogens is 182 g/mol. The number of rotatable bonds is 3. The number of nitrogens with one attached hydrogen (secondary N) is 1. The molecule has 0 fully saturated rings. The van der Waals surface area contributed by atoms with Gasteiger partial charge in [-0.05, 0) is 12.5 Å². The molecule has 1 atom stereocenters. The zero-order valence-electron chi connectivity index (χ0n) is 7.78. The number of carbonyl (C=O) groups excluding carboxylic acids is 1. The molecule has 0 unspecified atom stereocenters. The van der Waals surface area contributed by atoms with Gasteiger partial charge in [0.15, 0.2) is 0 Å². The molecule has 1 N–H and O–H groups in total. The van der Waals surface area contributed by atoms with E-state index in [4.69, 9.17) is 0 Å². The molecule has 1 amide bonds. The summed E-state index contributed by atoms with van der Waals surface area (Å²) >= 11 is 1.33. The van der Waals surface area contributed by atoms with Gasteiger partial charge in [-0.2, -0.15) is 0 Å². The predicted molar refractivity (Wildman–Crippen MR) is 56.5 cm³/mol. The van der Waals surface area contributed by atoms with Gasteiger partial charge in [-0.15, -0.1) is 0 Å². The first-order chi connectivity index (χ1) is 6.25. The summed E-state index contributed by atoms with van der Waals surface area (Å²) < 4.78 is 2.72. The maximum absolute atomic E-state index is 11.4. The van der Waals surface area contributed by atoms with E-state index in [0.717, 1.165) is 5.56 Å². The van der Waals surface area contributed by atoms with Crippen molar-refractivity contribution in [2.45, 2.75) is 12.8 Å². The minimum absolute atomic E-state index is 0.0544. The molecular formula is C10H13NOS. The van der Waals surface area contributed by atoms with Gasteiger partial charge in [-0.25, -0.2) is 0 Å². The van der Waals surface area contributed by atoms with Crippen molar-refractivity contribution in [3.05, 3.63) is 35.9 Å². The molecule has 0 heterocycles. The van der Waals surface area contributed by atoms with Crippen LogP contribution in [-0.2, 0) is 4.79 Å². The van der Waals surface area contributed by atoms with Gasteiger partial charge in [-0.3, -0.25) is 9.52 Å². The second-order valence-corrected chi connectivity index (χ2v) is 3.42. The van der Waals surface area contributed by atoms with Crippen LogP contribution in [0.15, 0.2) is 30.3 Å². The van der Waals surface area contributed by atoms with Crippen molar-refractivity contribution in [1.82, 2.24) is 4.72 Å². The molecule has 1 aromatic carbocycles. The molecule has 0 spiro atoms. The fraction of sp³-hybridized carbons (Fsp3) is 0.300. The van der Waals surface area contributed by atoms with Gasteiger partial charge in [0.05, 0.1) is 5.92 Å². The molecule has 0 saturated heterocycles. The number of hydrogen-bond acceptors (Lipinski definition) is 2. The van der Waals surface area contributed by atoms with Crippen LogP contribution in [0.1, 0.15) is 18.4 Å². The zero-order valence-corrected chi connectivity index (χ0v) is 8.60. The molecule has 3 heteroatoms. The van der Waals surface area contributed by atoms with Crippen molar-refractivity contribution < 1.29 is 4.79 Å². The van der Waals surface area contributed by atoms with Crippen LogP contribution in [0.2, 0.25) is 0 Å². The SMILES string of the molecule is CSNC(=O)[C@@H](C)c1ccccc1. The Labute approximate surface area is 82.9 Å². The van der Waals surface area contributed by atoms with Crippen molar-refractivity contribution in [1.29, 1.82) is 0 Å². The van der Waals surface area contributed by atoms with E-state index in [0.29, 0.717) is 0 Å². The van der Waals surface area contributed by atoms with E-state index in [2.05, 4.69) is 4.72 Å². The van der Waals surface area contributed by atoms with E-state index in [-0.39, 0.29) is 11.8 Å². The van der Waals surface area contributed by atoms with Crippen LogP contribution in [0.25, 0.3) is 0 Å². The van der Waals surface area contributed by atoms with Gasteiger partial charge in [0.1, 0.15) is 0 Å². The molecule has 0 aliphatic carbocycles. The minimum atomic E-state index is -0.0753. The number of carbonyl (C=O) groups is 1. The topological polar surface area (TPSA) is 29.1 Å². The summed E-state index contributed by atoms with van der Waals surface area (Å²) in [5.41, 5.74) is 1.05. The van der Waals surface area contributed by atoms with Crippen molar-refractivity contribution in [3.8, 4) is 0 Å². The summed E-state index contributed by atoms with van der Waals surface area (Å²) in [5.74, 6) is -0.0210. The highest BCUT2D eigenvalue weighted by Gasteiger charge is 2.13. The Morgan fingerprint density at radius 2 is 2.00 bits per heavy atom. The van der Waals surface area contributed by atoms with Crippen molar-refractivity contribution in [3.63, 3.8) is 0 Å². The quantitative estimate of drug-likeness (QED) is 0.749. The highest BCUT2D eigenvalue weighted by Crippen LogP contribution is 2.14. The van der Waals surface area contributed by atoms with Crippen molar-refractivity contribution >= 4 is 17.9 Å². The first-order valence-corrected chi connectivity index (χ1v) is 5.36. The Morgan fingerprint density at radius 3 is 2.54 bits per heavy atom. The zero-order chi connectivity index (χ0) is 9.68. The number of benzene rings is 1. The Bertz CT molecular complexity index is 274. The van der Waals surface area contributed by atoms with E-state index in [1.165, 1.54) is 11.9 Å². The minimum Gasteiger partial charge on any atom is -0.300 e. The Kier molecular flexibility index (Phi) is 3.83. The van der Waals surface area contributed by atoms with E-state index < -0.39 is 0 Å². The maximum Gasteiger partial charge on any atom is 0.237 e. The third kappa shape index (κ3) is 2.77. The molecule has 70 valence electrons. The second-order valence-electron chi connectivity index (χ2n) is 2.80. The van der Waals surface area contributed by atoms with Crippen LogP contribution in [0.4, 0.5) is 0 Å². The summed E-state index contributed by atoms with van der Waals surface area (Å²) in [6, 6.07) is 9.76. The third-order valence-electron chi connectivity index (χ3n) is 1.90. The van der Waals surface area contributed by atoms with E-state index in [1.54, 1.807) is 0 Å². The highest BCUT2D eigenvalue weighted by molar-refractivity contribution is 7.97. The van der Waals surface area contributed by atoms with Crippen molar-refractivity contribution in [2.24, 2.45) is 0 Å². The first-order valence-electron chi connectivity index (χ1n) is 4.13. The number of hydrogen-bond donors (Lipinski definition) is 1. The molecule has 0 aromatic heterocycles. The Hall–Kier alpha value is -0.960. The summed E-state index contributed by atoms with van der Waals surface area (Å²) in [7, 11) is 0. The van der Waals surface area contributed by atoms with Crippen LogP contribution in [0.3, 0.4) is 0 Å². The van der Waals surface area contributed by atoms with Crippen LogP contribution >= 0.6 is 11.9 Å². The Balaban J connectivity index is 2.68. The fourth-order valence-electron chi connectivity index (χ4n) is 1.08. The van der Waals surface area contributed by atoms with Gasteiger partial charge in [-0.1, -0.05) is 42.3 Å². The molecule has 0 radical (unpaired) electrons. The lowest BCUT2D eigenvalue weighted by molar-refractivity contribution is -0.120. The first kappa shape index (κ1) is 10.1. The predicted octanol–water partition coefficient (Wildman–Crippen LogP) is 2.18. The summed E-state index contributed by atoms with van der Waals surface area (Å²) in [6.45, 7) is 1.90. The molecule has 0 aliphatic rings. The smallest absolute Gasteiger partial charge is 0.237 e. The normalized spacial score (nSPS) is 12.2. The van der Waals surface area contributed by atoms with Crippen LogP contribution < -0.4 is 4.72 Å². The lowest BCUT2D eigenvalue weighted by Gasteiger charge is -2.09. The summed E-state index contributed by atoms with van der Waals surface area (Å²) in [6.07, 6.45) is 1.84. The van der Waals surface area contributed by atoms with Crippen molar-refractivity contribution in [2.75, 3.05) is 6.26 Å². The van der Waals surface area contributed by atoms with E-state index in [9.17, 15) is 4.79 Å². The van der Waals surface area contributed by atoms with Gasteiger partial charge < -0.3 is 0 Å². The van der Waals surface area contributed by atoms with Crippen LogP contribution in [-0.4, -0.2) is 12.2 Å². The fourth-order valence-corrected chi connectivity index (χ4v) is 1.46. The molecule has 0 bridgehead atoms. The Morgan fingerprint density at radius 1 is 1.38 bits per heavy atom. The monoisotopic (exact) mass is 195 g/mol. The number of amides is 1. The highest BCUT2D eigenvalue weighted by atomic mass is 32.2. The van der Waals surface area contributed by atoms with Gasteiger partial charge in [0.25, 0.3) is 0 Å². The average Bonchev–Trinajstić information content (AvgIpc) is 2.18. The van der Waals surface area contributed by atoms with Gasteiger partial charge in [0.2, 0.25) is 5.91 Å². The van der Waals surface area contributed by atoms with E-state index in [1.807, 2.05) is 43.5 Å². The van der Waals surface area contributed by atoms with Crippen LogP contribution in [0.5, 0.6) is 0 Å². The molecule has 2 nitrogen and oxygen atoms in total. The standard InChI is InChI=1S/C10H13NOS/c1-8(10(12)11-13-2)9-6-4-3-5-7-9/h3-8H,1-2H3,(H,11,12)/t8-/m0/s1. The molecule has 0 saturated carbocycles. The van der Waals surface area contributed by atoms with Gasteiger partial charge in [0, 0.05) is 6.26 Å².